The number of halogens is 1. The van der Waals surface area contributed by atoms with Gasteiger partial charge < -0.3 is 15.0 Å². The molecule has 2 aliphatic rings. The molecule has 134 valence electrons. The second kappa shape index (κ2) is 8.92. The van der Waals surface area contributed by atoms with Crippen molar-refractivity contribution < 1.29 is 4.74 Å². The normalized spacial score (nSPS) is 18.9. The van der Waals surface area contributed by atoms with Crippen LogP contribution in [0.2, 0.25) is 0 Å². The molecule has 1 aromatic carbocycles. The van der Waals surface area contributed by atoms with Gasteiger partial charge in [0.2, 0.25) is 0 Å². The van der Waals surface area contributed by atoms with Gasteiger partial charge in [-0.2, -0.15) is 0 Å². The minimum Gasteiger partial charge on any atom is -0.497 e. The molecule has 4 nitrogen and oxygen atoms in total. The van der Waals surface area contributed by atoms with Gasteiger partial charge in [-0.15, -0.1) is 24.0 Å². The average Bonchev–Trinajstić information content (AvgIpc) is 3.00. The van der Waals surface area contributed by atoms with Crippen LogP contribution in [0.3, 0.4) is 0 Å². The molecule has 0 amide bonds. The Kier molecular flexibility index (Phi) is 7.19. The highest BCUT2D eigenvalue weighted by molar-refractivity contribution is 14.0. The standard InChI is InChI=1S/C19H29N3O.HI/c1-3-20-18(22-14-12-19(15-22)10-4-11-19)21-13-9-16-5-7-17(23-2)8-6-16;/h5-8H,3-4,9-15H2,1-2H3,(H,20,21);1H. The van der Waals surface area contributed by atoms with Crippen molar-refractivity contribution in [1.82, 2.24) is 10.2 Å². The fourth-order valence-corrected chi connectivity index (χ4v) is 3.71. The first-order chi connectivity index (χ1) is 11.2. The molecule has 0 unspecified atom stereocenters. The summed E-state index contributed by atoms with van der Waals surface area (Å²) < 4.78 is 5.20. The molecule has 0 radical (unpaired) electrons. The summed E-state index contributed by atoms with van der Waals surface area (Å²) in [6, 6.07) is 8.29. The molecule has 0 atom stereocenters. The van der Waals surface area contributed by atoms with Crippen molar-refractivity contribution in [3.63, 3.8) is 0 Å². The summed E-state index contributed by atoms with van der Waals surface area (Å²) in [4.78, 5) is 7.33. The van der Waals surface area contributed by atoms with Crippen LogP contribution in [0, 0.1) is 5.41 Å². The minimum absolute atomic E-state index is 0. The zero-order valence-corrected chi connectivity index (χ0v) is 17.2. The number of nitrogens with zero attached hydrogens (tertiary/aromatic N) is 2. The van der Waals surface area contributed by atoms with Crippen molar-refractivity contribution in [2.45, 2.75) is 39.0 Å². The number of aliphatic imine (C=N–C) groups is 1. The van der Waals surface area contributed by atoms with E-state index in [4.69, 9.17) is 9.73 Å². The number of guanidine groups is 1. The summed E-state index contributed by atoms with van der Waals surface area (Å²) >= 11 is 0. The van der Waals surface area contributed by atoms with E-state index in [1.165, 1.54) is 37.8 Å². The Morgan fingerprint density at radius 3 is 2.54 bits per heavy atom. The molecule has 0 bridgehead atoms. The molecule has 1 aliphatic carbocycles. The van der Waals surface area contributed by atoms with E-state index in [1.807, 2.05) is 12.1 Å². The van der Waals surface area contributed by atoms with E-state index in [0.717, 1.165) is 37.8 Å². The SMILES string of the molecule is CCNC(=NCCc1ccc(OC)cc1)N1CCC2(CCC2)C1.I. The van der Waals surface area contributed by atoms with Crippen molar-refractivity contribution in [3.8, 4) is 5.75 Å². The van der Waals surface area contributed by atoms with Gasteiger partial charge in [-0.25, -0.2) is 0 Å². The number of methoxy groups -OCH3 is 1. The summed E-state index contributed by atoms with van der Waals surface area (Å²) in [6.45, 7) is 6.27. The summed E-state index contributed by atoms with van der Waals surface area (Å²) in [5, 5.41) is 3.47. The molecule has 0 aromatic heterocycles. The first-order valence-corrected chi connectivity index (χ1v) is 8.91. The molecule has 2 fully saturated rings. The average molecular weight is 443 g/mol. The van der Waals surface area contributed by atoms with Gasteiger partial charge in [-0.1, -0.05) is 18.6 Å². The summed E-state index contributed by atoms with van der Waals surface area (Å²) in [5.41, 5.74) is 1.92. The number of rotatable bonds is 5. The van der Waals surface area contributed by atoms with Gasteiger partial charge in [-0.05, 0) is 55.7 Å². The Balaban J connectivity index is 0.00000208. The van der Waals surface area contributed by atoms with Crippen LogP contribution in [-0.2, 0) is 6.42 Å². The van der Waals surface area contributed by atoms with E-state index >= 15 is 0 Å². The molecule has 1 aromatic rings. The number of ether oxygens (including phenoxy) is 1. The highest BCUT2D eigenvalue weighted by atomic mass is 127. The topological polar surface area (TPSA) is 36.9 Å². The second-order valence-corrected chi connectivity index (χ2v) is 6.86. The predicted molar refractivity (Wildman–Crippen MR) is 111 cm³/mol. The second-order valence-electron chi connectivity index (χ2n) is 6.86. The van der Waals surface area contributed by atoms with Crippen LogP contribution in [0.15, 0.2) is 29.3 Å². The third-order valence-corrected chi connectivity index (χ3v) is 5.31. The van der Waals surface area contributed by atoms with Crippen LogP contribution in [0.1, 0.15) is 38.2 Å². The molecule has 1 N–H and O–H groups in total. The monoisotopic (exact) mass is 443 g/mol. The van der Waals surface area contributed by atoms with Gasteiger partial charge in [0.05, 0.1) is 7.11 Å². The fourth-order valence-electron chi connectivity index (χ4n) is 3.71. The number of hydrogen-bond donors (Lipinski definition) is 1. The van der Waals surface area contributed by atoms with E-state index < -0.39 is 0 Å². The van der Waals surface area contributed by atoms with Gasteiger partial charge in [0.25, 0.3) is 0 Å². The first-order valence-electron chi connectivity index (χ1n) is 8.91. The Bertz CT molecular complexity index is 540. The van der Waals surface area contributed by atoms with Crippen molar-refractivity contribution in [1.29, 1.82) is 0 Å². The van der Waals surface area contributed by atoms with E-state index in [9.17, 15) is 0 Å². The van der Waals surface area contributed by atoms with Crippen LogP contribution < -0.4 is 10.1 Å². The van der Waals surface area contributed by atoms with E-state index in [1.54, 1.807) is 7.11 Å². The summed E-state index contributed by atoms with van der Waals surface area (Å²) in [7, 11) is 1.70. The Labute approximate surface area is 163 Å². The summed E-state index contributed by atoms with van der Waals surface area (Å²) in [6.07, 6.45) is 6.55. The molecule has 1 heterocycles. The van der Waals surface area contributed by atoms with Gasteiger partial charge in [-0.3, -0.25) is 4.99 Å². The van der Waals surface area contributed by atoms with Crippen LogP contribution in [0.4, 0.5) is 0 Å². The van der Waals surface area contributed by atoms with E-state index in [0.29, 0.717) is 5.41 Å². The first kappa shape index (κ1) is 19.3. The molecule has 24 heavy (non-hydrogen) atoms. The Hall–Kier alpha value is -0.980. The lowest BCUT2D eigenvalue weighted by molar-refractivity contribution is 0.151. The lowest BCUT2D eigenvalue weighted by Gasteiger charge is -2.38. The minimum atomic E-state index is 0. The van der Waals surface area contributed by atoms with Crippen LogP contribution >= 0.6 is 24.0 Å². The predicted octanol–water partition coefficient (Wildman–Crippen LogP) is 3.70. The van der Waals surface area contributed by atoms with Crippen LogP contribution in [-0.4, -0.2) is 44.1 Å². The molecule has 1 saturated carbocycles. The quantitative estimate of drug-likeness (QED) is 0.429. The molecular weight excluding hydrogens is 413 g/mol. The Morgan fingerprint density at radius 2 is 2.00 bits per heavy atom. The number of nitrogens with one attached hydrogen (secondary N) is 1. The molecular formula is C19H30IN3O. The highest BCUT2D eigenvalue weighted by Crippen LogP contribution is 2.47. The van der Waals surface area contributed by atoms with Gasteiger partial charge in [0.15, 0.2) is 5.96 Å². The Morgan fingerprint density at radius 1 is 1.25 bits per heavy atom. The van der Waals surface area contributed by atoms with Gasteiger partial charge in [0, 0.05) is 26.2 Å². The molecule has 1 aliphatic heterocycles. The van der Waals surface area contributed by atoms with Crippen LogP contribution in [0.25, 0.3) is 0 Å². The molecule has 5 heteroatoms. The number of benzene rings is 1. The highest BCUT2D eigenvalue weighted by Gasteiger charge is 2.43. The van der Waals surface area contributed by atoms with E-state index in [2.05, 4.69) is 29.3 Å². The molecule has 3 rings (SSSR count). The zero-order valence-electron chi connectivity index (χ0n) is 14.9. The maximum atomic E-state index is 5.20. The van der Waals surface area contributed by atoms with Crippen molar-refractivity contribution >= 4 is 29.9 Å². The lowest BCUT2D eigenvalue weighted by atomic mass is 9.68. The number of hydrogen-bond acceptors (Lipinski definition) is 2. The van der Waals surface area contributed by atoms with Crippen molar-refractivity contribution in [2.24, 2.45) is 10.4 Å². The largest absolute Gasteiger partial charge is 0.497 e. The maximum absolute atomic E-state index is 5.20. The van der Waals surface area contributed by atoms with Crippen LogP contribution in [0.5, 0.6) is 5.75 Å². The molecule has 1 spiro atoms. The van der Waals surface area contributed by atoms with Gasteiger partial charge in [0.1, 0.15) is 5.75 Å². The summed E-state index contributed by atoms with van der Waals surface area (Å²) in [5.74, 6) is 2.01. The fraction of sp³-hybridized carbons (Fsp3) is 0.632. The van der Waals surface area contributed by atoms with Crippen molar-refractivity contribution in [3.05, 3.63) is 29.8 Å². The number of likely N-dealkylation sites (tertiary alicyclic amines) is 1. The zero-order chi connectivity index (χ0) is 16.1. The molecule has 1 saturated heterocycles. The third kappa shape index (κ3) is 4.55. The van der Waals surface area contributed by atoms with E-state index in [-0.39, 0.29) is 24.0 Å². The van der Waals surface area contributed by atoms with Crippen molar-refractivity contribution in [2.75, 3.05) is 33.3 Å². The maximum Gasteiger partial charge on any atom is 0.193 e. The third-order valence-electron chi connectivity index (χ3n) is 5.31. The smallest absolute Gasteiger partial charge is 0.193 e. The lowest BCUT2D eigenvalue weighted by Crippen LogP contribution is -2.42. The van der Waals surface area contributed by atoms with Gasteiger partial charge >= 0.3 is 0 Å².